The van der Waals surface area contributed by atoms with Crippen LogP contribution in [0.15, 0.2) is 23.1 Å². The van der Waals surface area contributed by atoms with Gasteiger partial charge in [0.25, 0.3) is 10.1 Å². The van der Waals surface area contributed by atoms with E-state index in [2.05, 4.69) is 13.8 Å². The third-order valence-electron chi connectivity index (χ3n) is 5.14. The first kappa shape index (κ1) is 32.3. The molecule has 0 radical (unpaired) electrons. The molecule has 0 aliphatic carbocycles. The molecule has 1 aromatic rings. The van der Waals surface area contributed by atoms with E-state index in [4.69, 9.17) is 9.47 Å². The van der Waals surface area contributed by atoms with Gasteiger partial charge in [-0.3, -0.25) is 4.55 Å². The molecule has 0 aromatic heterocycles. The molecule has 186 valence electrons. The SMILES string of the molecule is CCCCCCCCOC(=O)c1cc(C(=O)OCCCCCCCC)cc(S(=O)(=O)O)c1.[CaH2]. The monoisotopic (exact) mass is 512 g/mol. The van der Waals surface area contributed by atoms with Gasteiger partial charge in [0.05, 0.1) is 29.2 Å². The molecule has 33 heavy (non-hydrogen) atoms. The number of hydrogen-bond donors (Lipinski definition) is 1. The van der Waals surface area contributed by atoms with E-state index < -0.39 is 27.0 Å². The van der Waals surface area contributed by atoms with Crippen molar-refractivity contribution in [2.45, 2.75) is 95.8 Å². The number of carbonyl (C=O) groups is 2. The second-order valence-electron chi connectivity index (χ2n) is 8.03. The van der Waals surface area contributed by atoms with E-state index >= 15 is 0 Å². The molecule has 0 atom stereocenters. The minimum atomic E-state index is -4.61. The van der Waals surface area contributed by atoms with Gasteiger partial charge in [-0.25, -0.2) is 9.59 Å². The van der Waals surface area contributed by atoms with Crippen LogP contribution in [0.25, 0.3) is 0 Å². The van der Waals surface area contributed by atoms with Crippen molar-refractivity contribution >= 4 is 59.8 Å². The zero-order valence-corrected chi connectivity index (χ0v) is 20.3. The average molecular weight is 513 g/mol. The number of unbranched alkanes of at least 4 members (excludes halogenated alkanes) is 10. The van der Waals surface area contributed by atoms with Crippen LogP contribution in [0.1, 0.15) is 112 Å². The quantitative estimate of drug-likeness (QED) is 0.135. The molecule has 9 heteroatoms. The van der Waals surface area contributed by atoms with E-state index in [1.807, 2.05) is 0 Å². The summed E-state index contributed by atoms with van der Waals surface area (Å²) >= 11 is 0. The van der Waals surface area contributed by atoms with Crippen molar-refractivity contribution in [2.24, 2.45) is 0 Å². The van der Waals surface area contributed by atoms with Gasteiger partial charge < -0.3 is 9.47 Å². The van der Waals surface area contributed by atoms with E-state index in [-0.39, 0.29) is 62.1 Å². The number of hydrogen-bond acceptors (Lipinski definition) is 6. The Morgan fingerprint density at radius 1 is 0.697 bits per heavy atom. The first-order chi connectivity index (χ1) is 15.3. The second kappa shape index (κ2) is 18.6. The van der Waals surface area contributed by atoms with Gasteiger partial charge in [0.15, 0.2) is 0 Å². The summed E-state index contributed by atoms with van der Waals surface area (Å²) in [7, 11) is -4.61. The van der Waals surface area contributed by atoms with Gasteiger partial charge in [-0.05, 0) is 31.0 Å². The number of ether oxygens (including phenoxy) is 2. The van der Waals surface area contributed by atoms with Crippen molar-refractivity contribution in [3.63, 3.8) is 0 Å². The molecular weight excluding hydrogens is 472 g/mol. The van der Waals surface area contributed by atoms with Crippen molar-refractivity contribution < 1.29 is 32.0 Å². The van der Waals surface area contributed by atoms with E-state index in [9.17, 15) is 22.6 Å². The molecule has 1 N–H and O–H groups in total. The summed E-state index contributed by atoms with van der Waals surface area (Å²) in [6.07, 6.45) is 12.4. The van der Waals surface area contributed by atoms with Crippen LogP contribution in [-0.2, 0) is 19.6 Å². The zero-order valence-electron chi connectivity index (χ0n) is 19.4. The molecule has 0 saturated heterocycles. The summed E-state index contributed by atoms with van der Waals surface area (Å²) in [5.41, 5.74) is -0.227. The van der Waals surface area contributed by atoms with Crippen molar-refractivity contribution in [3.8, 4) is 0 Å². The second-order valence-corrected chi connectivity index (χ2v) is 9.45. The Labute approximate surface area is 228 Å². The Balaban J connectivity index is 0.0000102. The van der Waals surface area contributed by atoms with Gasteiger partial charge in [0.2, 0.25) is 0 Å². The molecule has 0 saturated carbocycles. The van der Waals surface area contributed by atoms with Crippen LogP contribution in [-0.4, -0.2) is 75.9 Å². The third-order valence-corrected chi connectivity index (χ3v) is 5.97. The van der Waals surface area contributed by atoms with Crippen LogP contribution in [0.4, 0.5) is 0 Å². The van der Waals surface area contributed by atoms with Gasteiger partial charge in [0, 0.05) is 0 Å². The Morgan fingerprint density at radius 2 is 1.06 bits per heavy atom. The number of rotatable bonds is 17. The fourth-order valence-electron chi connectivity index (χ4n) is 3.24. The van der Waals surface area contributed by atoms with Crippen LogP contribution in [0, 0.1) is 0 Å². The summed E-state index contributed by atoms with van der Waals surface area (Å²) in [5, 5.41) is 0. The predicted molar refractivity (Wildman–Crippen MR) is 132 cm³/mol. The van der Waals surface area contributed by atoms with E-state index in [0.29, 0.717) is 12.8 Å². The molecule has 0 spiro atoms. The molecule has 1 aromatic carbocycles. The topological polar surface area (TPSA) is 107 Å². The van der Waals surface area contributed by atoms with Gasteiger partial charge in [-0.1, -0.05) is 78.1 Å². The van der Waals surface area contributed by atoms with Crippen LogP contribution in [0.2, 0.25) is 0 Å². The standard InChI is InChI=1S/C24H38O7S.Ca.2H/c1-3-5-7-9-11-13-15-30-23(25)20-17-21(19-22(18-20)32(27,28)29)24(26)31-16-14-12-10-8-6-4-2;;;/h17-19H,3-16H2,1-2H3,(H,27,28,29);;;. The summed E-state index contributed by atoms with van der Waals surface area (Å²) in [4.78, 5) is 24.2. The molecule has 0 bridgehead atoms. The van der Waals surface area contributed by atoms with Crippen LogP contribution < -0.4 is 0 Å². The summed E-state index contributed by atoms with van der Waals surface area (Å²) in [6, 6.07) is 3.24. The van der Waals surface area contributed by atoms with Gasteiger partial charge in [-0.2, -0.15) is 8.42 Å². The van der Waals surface area contributed by atoms with Gasteiger partial charge >= 0.3 is 49.7 Å². The van der Waals surface area contributed by atoms with E-state index in [1.54, 1.807) is 0 Å². The Bertz CT molecular complexity index is 761. The van der Waals surface area contributed by atoms with Crippen LogP contribution >= 0.6 is 0 Å². The molecule has 1 rings (SSSR count). The zero-order chi connectivity index (χ0) is 23.8. The molecule has 0 fully saturated rings. The van der Waals surface area contributed by atoms with Crippen molar-refractivity contribution in [1.82, 2.24) is 0 Å². The molecule has 0 amide bonds. The maximum absolute atomic E-state index is 12.4. The fourth-order valence-corrected chi connectivity index (χ4v) is 3.80. The van der Waals surface area contributed by atoms with E-state index in [1.165, 1.54) is 18.9 Å². The van der Waals surface area contributed by atoms with Gasteiger partial charge in [0.1, 0.15) is 0 Å². The van der Waals surface area contributed by atoms with Crippen molar-refractivity contribution in [2.75, 3.05) is 13.2 Å². The minimum absolute atomic E-state index is 0. The van der Waals surface area contributed by atoms with Crippen LogP contribution in [0.3, 0.4) is 0 Å². The predicted octanol–water partition coefficient (Wildman–Crippen LogP) is 5.05. The normalized spacial score (nSPS) is 11.0. The van der Waals surface area contributed by atoms with Crippen molar-refractivity contribution in [1.29, 1.82) is 0 Å². The molecule has 0 unspecified atom stereocenters. The Morgan fingerprint density at radius 3 is 1.42 bits per heavy atom. The molecule has 0 heterocycles. The Hall–Kier alpha value is -0.670. The molecule has 0 aliphatic rings. The fraction of sp³-hybridized carbons (Fsp3) is 0.667. The Kier molecular flexibility index (Phi) is 18.3. The van der Waals surface area contributed by atoms with E-state index in [0.717, 1.165) is 63.5 Å². The maximum atomic E-state index is 12.4. The number of benzene rings is 1. The van der Waals surface area contributed by atoms with Crippen LogP contribution in [0.5, 0.6) is 0 Å². The summed E-state index contributed by atoms with van der Waals surface area (Å²) in [5.74, 6) is -1.48. The number of carbonyl (C=O) groups excluding carboxylic acids is 2. The molecule has 0 aliphatic heterocycles. The molecular formula is C24H40CaO7S. The number of esters is 2. The molecule has 7 nitrogen and oxygen atoms in total. The average Bonchev–Trinajstić information content (AvgIpc) is 2.76. The van der Waals surface area contributed by atoms with Crippen molar-refractivity contribution in [3.05, 3.63) is 29.3 Å². The first-order valence-corrected chi connectivity index (χ1v) is 13.2. The van der Waals surface area contributed by atoms with Gasteiger partial charge in [-0.15, -0.1) is 0 Å². The third kappa shape index (κ3) is 14.4. The summed E-state index contributed by atoms with van der Waals surface area (Å²) < 4.78 is 43.0. The first-order valence-electron chi connectivity index (χ1n) is 11.8. The summed E-state index contributed by atoms with van der Waals surface area (Å²) in [6.45, 7) is 4.69.